The van der Waals surface area contributed by atoms with Crippen LogP contribution in [-0.2, 0) is 9.59 Å². The highest BCUT2D eigenvalue weighted by Gasteiger charge is 2.10. The van der Waals surface area contributed by atoms with Crippen molar-refractivity contribution in [1.29, 1.82) is 0 Å². The van der Waals surface area contributed by atoms with Crippen molar-refractivity contribution in [3.63, 3.8) is 0 Å². The number of ether oxygens (including phenoxy) is 2. The molecule has 2 N–H and O–H groups in total. The van der Waals surface area contributed by atoms with Crippen LogP contribution in [0.1, 0.15) is 11.1 Å². The summed E-state index contributed by atoms with van der Waals surface area (Å²) in [7, 11) is 0. The van der Waals surface area contributed by atoms with Crippen molar-refractivity contribution in [1.82, 2.24) is 0 Å². The molecular formula is C30H26Br2N2O4. The summed E-state index contributed by atoms with van der Waals surface area (Å²) in [5, 5.41) is 5.81. The zero-order chi connectivity index (χ0) is 27.1. The van der Waals surface area contributed by atoms with Gasteiger partial charge >= 0.3 is 0 Å². The number of hydrogen-bond donors (Lipinski definition) is 2. The van der Waals surface area contributed by atoms with Crippen molar-refractivity contribution in [3.05, 3.63) is 105 Å². The van der Waals surface area contributed by atoms with Crippen LogP contribution in [0.5, 0.6) is 11.5 Å². The summed E-state index contributed by atoms with van der Waals surface area (Å²) in [5.41, 5.74) is 5.32. The first-order valence-corrected chi connectivity index (χ1v) is 13.4. The number of aryl methyl sites for hydroxylation is 2. The van der Waals surface area contributed by atoms with E-state index in [1.807, 2.05) is 74.5 Å². The van der Waals surface area contributed by atoms with E-state index in [-0.39, 0.29) is 25.0 Å². The molecular weight excluding hydrogens is 612 g/mol. The van der Waals surface area contributed by atoms with Gasteiger partial charge in [-0.25, -0.2) is 0 Å². The Hall–Kier alpha value is -3.62. The summed E-state index contributed by atoms with van der Waals surface area (Å²) in [4.78, 5) is 24.8. The van der Waals surface area contributed by atoms with Gasteiger partial charge in [-0.3, -0.25) is 9.59 Å². The molecule has 0 heterocycles. The predicted molar refractivity (Wildman–Crippen MR) is 158 cm³/mol. The Morgan fingerprint density at radius 3 is 1.32 bits per heavy atom. The molecule has 0 bridgehead atoms. The molecule has 0 fully saturated rings. The van der Waals surface area contributed by atoms with Gasteiger partial charge < -0.3 is 20.1 Å². The third kappa shape index (κ3) is 7.69. The monoisotopic (exact) mass is 636 g/mol. The molecule has 2 amide bonds. The van der Waals surface area contributed by atoms with Crippen molar-refractivity contribution < 1.29 is 19.1 Å². The number of carbonyl (C=O) groups excluding carboxylic acids is 2. The third-order valence-electron chi connectivity index (χ3n) is 5.70. The van der Waals surface area contributed by atoms with Gasteiger partial charge in [-0.2, -0.15) is 0 Å². The average molecular weight is 638 g/mol. The largest absolute Gasteiger partial charge is 0.484 e. The Morgan fingerprint density at radius 1 is 0.605 bits per heavy atom. The maximum atomic E-state index is 12.4. The number of hydrogen-bond acceptors (Lipinski definition) is 4. The fourth-order valence-corrected chi connectivity index (χ4v) is 4.23. The van der Waals surface area contributed by atoms with Crippen LogP contribution < -0.4 is 20.1 Å². The lowest BCUT2D eigenvalue weighted by atomic mass is 10.00. The molecule has 6 nitrogen and oxygen atoms in total. The van der Waals surface area contributed by atoms with Gasteiger partial charge in [-0.05, 0) is 109 Å². The SMILES string of the molecule is Cc1cc(-c2ccc(NC(=O)COc3ccc(Br)cc3)c(C)c2)ccc1NC(=O)COc1ccc(Br)cc1. The molecule has 4 aromatic carbocycles. The van der Waals surface area contributed by atoms with E-state index >= 15 is 0 Å². The minimum absolute atomic E-state index is 0.0800. The highest BCUT2D eigenvalue weighted by molar-refractivity contribution is 9.10. The van der Waals surface area contributed by atoms with Crippen LogP contribution in [-0.4, -0.2) is 25.0 Å². The molecule has 0 atom stereocenters. The number of amides is 2. The molecule has 38 heavy (non-hydrogen) atoms. The van der Waals surface area contributed by atoms with E-state index in [4.69, 9.17) is 9.47 Å². The highest BCUT2D eigenvalue weighted by Crippen LogP contribution is 2.28. The second-order valence-electron chi connectivity index (χ2n) is 8.64. The number of nitrogens with one attached hydrogen (secondary N) is 2. The highest BCUT2D eigenvalue weighted by atomic mass is 79.9. The lowest BCUT2D eigenvalue weighted by Crippen LogP contribution is -2.20. The van der Waals surface area contributed by atoms with Crippen LogP contribution >= 0.6 is 31.9 Å². The summed E-state index contributed by atoms with van der Waals surface area (Å²) in [6, 6.07) is 26.3. The summed E-state index contributed by atoms with van der Waals surface area (Å²) in [5.74, 6) is 0.790. The summed E-state index contributed by atoms with van der Waals surface area (Å²) in [6.07, 6.45) is 0. The van der Waals surface area contributed by atoms with Gasteiger partial charge in [-0.1, -0.05) is 44.0 Å². The smallest absolute Gasteiger partial charge is 0.262 e. The first-order chi connectivity index (χ1) is 18.3. The lowest BCUT2D eigenvalue weighted by Gasteiger charge is -2.13. The minimum atomic E-state index is -0.233. The van der Waals surface area contributed by atoms with Crippen LogP contribution in [0.3, 0.4) is 0 Å². The molecule has 0 unspecified atom stereocenters. The van der Waals surface area contributed by atoms with Crippen molar-refractivity contribution in [2.75, 3.05) is 23.8 Å². The molecule has 0 saturated carbocycles. The number of carbonyl (C=O) groups is 2. The van der Waals surface area contributed by atoms with Gasteiger partial charge in [0.05, 0.1) is 0 Å². The number of rotatable bonds is 9. The second-order valence-corrected chi connectivity index (χ2v) is 10.5. The first-order valence-electron chi connectivity index (χ1n) is 11.8. The van der Waals surface area contributed by atoms with Crippen molar-refractivity contribution in [2.24, 2.45) is 0 Å². The zero-order valence-corrected chi connectivity index (χ0v) is 24.1. The molecule has 0 aliphatic rings. The maximum absolute atomic E-state index is 12.4. The van der Waals surface area contributed by atoms with Gasteiger partial charge in [0.1, 0.15) is 11.5 Å². The molecule has 4 aromatic rings. The van der Waals surface area contributed by atoms with E-state index in [1.165, 1.54) is 0 Å². The normalized spacial score (nSPS) is 10.5. The average Bonchev–Trinajstić information content (AvgIpc) is 2.90. The summed E-state index contributed by atoms with van der Waals surface area (Å²) < 4.78 is 13.0. The second kappa shape index (κ2) is 12.8. The van der Waals surface area contributed by atoms with Crippen molar-refractivity contribution >= 4 is 55.0 Å². The van der Waals surface area contributed by atoms with Crippen LogP contribution in [0.15, 0.2) is 93.9 Å². The van der Waals surface area contributed by atoms with E-state index in [0.717, 1.165) is 42.6 Å². The zero-order valence-electron chi connectivity index (χ0n) is 20.9. The summed E-state index contributed by atoms with van der Waals surface area (Å²) in [6.45, 7) is 3.73. The van der Waals surface area contributed by atoms with E-state index < -0.39 is 0 Å². The fourth-order valence-electron chi connectivity index (χ4n) is 3.70. The molecule has 0 spiro atoms. The Kier molecular flexibility index (Phi) is 9.20. The maximum Gasteiger partial charge on any atom is 0.262 e. The van der Waals surface area contributed by atoms with Crippen LogP contribution in [0.2, 0.25) is 0 Å². The van der Waals surface area contributed by atoms with Gasteiger partial charge in [0.2, 0.25) is 0 Å². The van der Waals surface area contributed by atoms with Crippen LogP contribution in [0, 0.1) is 13.8 Å². The number of benzene rings is 4. The Balaban J connectivity index is 1.33. The molecule has 8 heteroatoms. The molecule has 0 saturated heterocycles. The van der Waals surface area contributed by atoms with E-state index in [9.17, 15) is 9.59 Å². The van der Waals surface area contributed by atoms with E-state index in [2.05, 4.69) is 42.5 Å². The molecule has 194 valence electrons. The standard InChI is InChI=1S/C30H26Br2N2O4/c1-19-15-21(3-13-27(19)33-29(35)17-37-25-9-5-23(31)6-10-25)22-4-14-28(20(2)16-22)34-30(36)18-38-26-11-7-24(32)8-12-26/h3-16H,17-18H2,1-2H3,(H,33,35)(H,34,36). The molecule has 0 aliphatic heterocycles. The minimum Gasteiger partial charge on any atom is -0.484 e. The first kappa shape index (κ1) is 27.4. The Labute approximate surface area is 238 Å². The molecule has 0 aromatic heterocycles. The van der Waals surface area contributed by atoms with Crippen molar-refractivity contribution in [2.45, 2.75) is 13.8 Å². The lowest BCUT2D eigenvalue weighted by molar-refractivity contribution is -0.118. The molecule has 4 rings (SSSR count). The Morgan fingerprint density at radius 2 is 0.974 bits per heavy atom. The molecule has 0 radical (unpaired) electrons. The van der Waals surface area contributed by atoms with Gasteiger partial charge in [-0.15, -0.1) is 0 Å². The van der Waals surface area contributed by atoms with Crippen molar-refractivity contribution in [3.8, 4) is 22.6 Å². The van der Waals surface area contributed by atoms with Gasteiger partial charge in [0, 0.05) is 20.3 Å². The number of anilines is 2. The summed E-state index contributed by atoms with van der Waals surface area (Å²) >= 11 is 6.75. The Bertz CT molecular complexity index is 1330. The third-order valence-corrected chi connectivity index (χ3v) is 6.76. The number of halogens is 2. The van der Waals surface area contributed by atoms with Gasteiger partial charge in [0.15, 0.2) is 13.2 Å². The van der Waals surface area contributed by atoms with Crippen LogP contribution in [0.25, 0.3) is 11.1 Å². The van der Waals surface area contributed by atoms with Crippen LogP contribution in [0.4, 0.5) is 11.4 Å². The predicted octanol–water partition coefficient (Wildman–Crippen LogP) is 7.53. The van der Waals surface area contributed by atoms with E-state index in [0.29, 0.717) is 11.5 Å². The quantitative estimate of drug-likeness (QED) is 0.199. The molecule has 0 aliphatic carbocycles. The fraction of sp³-hybridized carbons (Fsp3) is 0.133. The topological polar surface area (TPSA) is 76.7 Å². The van der Waals surface area contributed by atoms with Gasteiger partial charge in [0.25, 0.3) is 11.8 Å². The van der Waals surface area contributed by atoms with E-state index in [1.54, 1.807) is 24.3 Å².